The molecule has 1 heterocycles. The molecule has 0 spiro atoms. The van der Waals surface area contributed by atoms with E-state index in [1.54, 1.807) is 11.4 Å². The number of hydrogen-bond acceptors (Lipinski definition) is 6. The molecule has 1 aromatic heterocycles. The quantitative estimate of drug-likeness (QED) is 0.584. The fourth-order valence-corrected chi connectivity index (χ4v) is 2.21. The van der Waals surface area contributed by atoms with Crippen molar-refractivity contribution < 1.29 is 9.59 Å². The number of nitrogens with one attached hydrogen (secondary N) is 1. The predicted molar refractivity (Wildman–Crippen MR) is 75.3 cm³/mol. The largest absolute Gasteiger partial charge is 0.399 e. The Labute approximate surface area is 113 Å². The highest BCUT2D eigenvalue weighted by molar-refractivity contribution is 7.14. The molecule has 7 heteroatoms. The highest BCUT2D eigenvalue weighted by Gasteiger charge is 2.11. The number of amides is 1. The summed E-state index contributed by atoms with van der Waals surface area (Å²) in [5, 5.41) is 4.54. The van der Waals surface area contributed by atoms with Crippen LogP contribution >= 0.6 is 11.3 Å². The van der Waals surface area contributed by atoms with Gasteiger partial charge in [-0.3, -0.25) is 14.9 Å². The molecule has 19 heavy (non-hydrogen) atoms. The number of Topliss-reactive ketones (excluding diaryl/α,β-unsaturated/α-hetero) is 1. The molecule has 0 bridgehead atoms. The smallest absolute Gasteiger partial charge is 0.257 e. The SMILES string of the molecule is CC(=O)c1csc(NC(=O)c2cc(N)cc(N)c2)n1. The summed E-state index contributed by atoms with van der Waals surface area (Å²) in [5.74, 6) is -0.520. The van der Waals surface area contributed by atoms with Crippen molar-refractivity contribution in [1.82, 2.24) is 4.98 Å². The fraction of sp³-hybridized carbons (Fsp3) is 0.0833. The van der Waals surface area contributed by atoms with Crippen molar-refractivity contribution in [2.45, 2.75) is 6.92 Å². The second kappa shape index (κ2) is 5.07. The van der Waals surface area contributed by atoms with Crippen LogP contribution in [0.5, 0.6) is 0 Å². The van der Waals surface area contributed by atoms with E-state index in [1.165, 1.54) is 30.4 Å². The van der Waals surface area contributed by atoms with Crippen LogP contribution in [0.25, 0.3) is 0 Å². The maximum atomic E-state index is 12.0. The molecule has 0 atom stereocenters. The fourth-order valence-electron chi connectivity index (χ4n) is 1.47. The number of thiazole rings is 1. The standard InChI is InChI=1S/C12H12N4O2S/c1-6(17)10-5-19-12(15-10)16-11(18)7-2-8(13)4-9(14)3-7/h2-5H,13-14H2,1H3,(H,15,16,18). The molecular formula is C12H12N4O2S. The first-order valence-corrected chi connectivity index (χ1v) is 6.27. The number of rotatable bonds is 3. The van der Waals surface area contributed by atoms with Gasteiger partial charge in [-0.15, -0.1) is 11.3 Å². The molecule has 0 fully saturated rings. The first-order valence-electron chi connectivity index (χ1n) is 5.39. The van der Waals surface area contributed by atoms with Gasteiger partial charge in [0.15, 0.2) is 10.9 Å². The Bertz CT molecular complexity index is 631. The Morgan fingerprint density at radius 1 is 1.21 bits per heavy atom. The lowest BCUT2D eigenvalue weighted by Gasteiger charge is -2.04. The Morgan fingerprint density at radius 3 is 2.37 bits per heavy atom. The van der Waals surface area contributed by atoms with Crippen LogP contribution in [-0.4, -0.2) is 16.7 Å². The van der Waals surface area contributed by atoms with Crippen molar-refractivity contribution in [2.75, 3.05) is 16.8 Å². The molecular weight excluding hydrogens is 264 g/mol. The lowest BCUT2D eigenvalue weighted by Crippen LogP contribution is -2.12. The molecule has 0 saturated heterocycles. The minimum absolute atomic E-state index is 0.148. The highest BCUT2D eigenvalue weighted by atomic mass is 32.1. The zero-order valence-electron chi connectivity index (χ0n) is 10.1. The maximum absolute atomic E-state index is 12.0. The summed E-state index contributed by atoms with van der Waals surface area (Å²) >= 11 is 1.18. The van der Waals surface area contributed by atoms with Crippen molar-refractivity contribution in [2.24, 2.45) is 0 Å². The summed E-state index contributed by atoms with van der Waals surface area (Å²) in [7, 11) is 0. The van der Waals surface area contributed by atoms with E-state index in [4.69, 9.17) is 11.5 Å². The molecule has 1 amide bonds. The van der Waals surface area contributed by atoms with Crippen LogP contribution in [0.3, 0.4) is 0 Å². The summed E-state index contributed by atoms with van der Waals surface area (Å²) in [5.41, 5.74) is 12.7. The minimum Gasteiger partial charge on any atom is -0.399 e. The highest BCUT2D eigenvalue weighted by Crippen LogP contribution is 2.19. The van der Waals surface area contributed by atoms with Crippen LogP contribution in [-0.2, 0) is 0 Å². The monoisotopic (exact) mass is 276 g/mol. The van der Waals surface area contributed by atoms with E-state index in [2.05, 4.69) is 10.3 Å². The van der Waals surface area contributed by atoms with E-state index in [9.17, 15) is 9.59 Å². The van der Waals surface area contributed by atoms with Gasteiger partial charge < -0.3 is 11.5 Å². The van der Waals surface area contributed by atoms with Crippen molar-refractivity contribution in [3.8, 4) is 0 Å². The summed E-state index contributed by atoms with van der Waals surface area (Å²) in [6.07, 6.45) is 0. The zero-order valence-corrected chi connectivity index (χ0v) is 11.0. The number of aromatic nitrogens is 1. The molecule has 2 aromatic rings. The summed E-state index contributed by atoms with van der Waals surface area (Å²) < 4.78 is 0. The normalized spacial score (nSPS) is 10.2. The number of carbonyl (C=O) groups is 2. The van der Waals surface area contributed by atoms with Crippen LogP contribution in [0.4, 0.5) is 16.5 Å². The van der Waals surface area contributed by atoms with Gasteiger partial charge in [0.2, 0.25) is 0 Å². The van der Waals surface area contributed by atoms with Crippen molar-refractivity contribution in [1.29, 1.82) is 0 Å². The van der Waals surface area contributed by atoms with E-state index < -0.39 is 0 Å². The molecule has 1 aromatic carbocycles. The third kappa shape index (κ3) is 3.08. The molecule has 5 N–H and O–H groups in total. The third-order valence-electron chi connectivity index (χ3n) is 2.33. The van der Waals surface area contributed by atoms with Crippen LogP contribution in [0.15, 0.2) is 23.6 Å². The number of anilines is 3. The van der Waals surface area contributed by atoms with Crippen molar-refractivity contribution >= 4 is 39.5 Å². The maximum Gasteiger partial charge on any atom is 0.257 e. The molecule has 0 aliphatic rings. The Hall–Kier alpha value is -2.41. The number of ketones is 1. The van der Waals surface area contributed by atoms with Crippen molar-refractivity contribution in [3.05, 3.63) is 34.8 Å². The van der Waals surface area contributed by atoms with Crippen LogP contribution < -0.4 is 16.8 Å². The summed E-state index contributed by atoms with van der Waals surface area (Å²) in [4.78, 5) is 27.1. The van der Waals surface area contributed by atoms with Gasteiger partial charge in [-0.25, -0.2) is 4.98 Å². The number of nitrogens with two attached hydrogens (primary N) is 2. The number of carbonyl (C=O) groups excluding carboxylic acids is 2. The molecule has 0 unspecified atom stereocenters. The van der Waals surface area contributed by atoms with Crippen LogP contribution in [0, 0.1) is 0 Å². The molecule has 2 rings (SSSR count). The van der Waals surface area contributed by atoms with E-state index in [1.807, 2.05) is 0 Å². The molecule has 0 aliphatic carbocycles. The average molecular weight is 276 g/mol. The Morgan fingerprint density at radius 2 is 1.84 bits per heavy atom. The van der Waals surface area contributed by atoms with Gasteiger partial charge in [0, 0.05) is 29.2 Å². The van der Waals surface area contributed by atoms with E-state index in [-0.39, 0.29) is 11.7 Å². The second-order valence-electron chi connectivity index (χ2n) is 3.94. The number of nitrogen functional groups attached to an aromatic ring is 2. The molecule has 0 radical (unpaired) electrons. The number of hydrogen-bond donors (Lipinski definition) is 3. The first kappa shape index (κ1) is 13.0. The van der Waals surface area contributed by atoms with E-state index in [0.717, 1.165) is 0 Å². The molecule has 0 aliphatic heterocycles. The predicted octanol–water partition coefficient (Wildman–Crippen LogP) is 1.76. The van der Waals surface area contributed by atoms with Gasteiger partial charge in [0.1, 0.15) is 5.69 Å². The first-order chi connectivity index (χ1) is 8.95. The Balaban J connectivity index is 2.18. The topological polar surface area (TPSA) is 111 Å². The second-order valence-corrected chi connectivity index (χ2v) is 4.79. The van der Waals surface area contributed by atoms with E-state index in [0.29, 0.717) is 27.8 Å². The van der Waals surface area contributed by atoms with Gasteiger partial charge in [0.25, 0.3) is 5.91 Å². The van der Waals surface area contributed by atoms with E-state index >= 15 is 0 Å². The van der Waals surface area contributed by atoms with Crippen LogP contribution in [0.2, 0.25) is 0 Å². The molecule has 98 valence electrons. The zero-order chi connectivity index (χ0) is 14.0. The minimum atomic E-state index is -0.372. The Kier molecular flexibility index (Phi) is 3.48. The lowest BCUT2D eigenvalue weighted by molar-refractivity contribution is 0.100. The van der Waals surface area contributed by atoms with Gasteiger partial charge in [0.05, 0.1) is 0 Å². The molecule has 6 nitrogen and oxygen atoms in total. The van der Waals surface area contributed by atoms with Gasteiger partial charge in [-0.2, -0.15) is 0 Å². The number of benzene rings is 1. The summed E-state index contributed by atoms with van der Waals surface area (Å²) in [6.45, 7) is 1.42. The van der Waals surface area contributed by atoms with Crippen molar-refractivity contribution in [3.63, 3.8) is 0 Å². The van der Waals surface area contributed by atoms with Gasteiger partial charge in [-0.05, 0) is 18.2 Å². The summed E-state index contributed by atoms with van der Waals surface area (Å²) in [6, 6.07) is 4.60. The average Bonchev–Trinajstić information content (AvgIpc) is 2.76. The number of nitrogens with zero attached hydrogens (tertiary/aromatic N) is 1. The van der Waals surface area contributed by atoms with Crippen LogP contribution in [0.1, 0.15) is 27.8 Å². The lowest BCUT2D eigenvalue weighted by atomic mass is 10.1. The van der Waals surface area contributed by atoms with Gasteiger partial charge >= 0.3 is 0 Å². The molecule has 0 saturated carbocycles. The third-order valence-corrected chi connectivity index (χ3v) is 3.08. The van der Waals surface area contributed by atoms with Gasteiger partial charge in [-0.1, -0.05) is 0 Å².